The van der Waals surface area contributed by atoms with Crippen molar-refractivity contribution in [3.05, 3.63) is 16.9 Å². The summed E-state index contributed by atoms with van der Waals surface area (Å²) in [7, 11) is 0. The van der Waals surface area contributed by atoms with Crippen molar-refractivity contribution in [1.82, 2.24) is 20.0 Å². The zero-order chi connectivity index (χ0) is 19.4. The Bertz CT molecular complexity index is 488. The van der Waals surface area contributed by atoms with Crippen LogP contribution < -0.4 is 5.32 Å². The van der Waals surface area contributed by atoms with E-state index in [1.165, 1.54) is 38.5 Å². The zero-order valence-corrected chi connectivity index (χ0v) is 17.8. The van der Waals surface area contributed by atoms with E-state index in [4.69, 9.17) is 11.6 Å². The zero-order valence-electron chi connectivity index (χ0n) is 17.1. The Balaban J connectivity index is 2.36. The first-order chi connectivity index (χ1) is 12.5. The Morgan fingerprint density at radius 2 is 1.85 bits per heavy atom. The van der Waals surface area contributed by atoms with Gasteiger partial charge in [-0.05, 0) is 39.8 Å². The maximum atomic E-state index is 12.2. The predicted octanol–water partition coefficient (Wildman–Crippen LogP) is 4.42. The van der Waals surface area contributed by atoms with Gasteiger partial charge in [0.05, 0.1) is 10.7 Å². The summed E-state index contributed by atoms with van der Waals surface area (Å²) in [6, 6.07) is 0.161. The highest BCUT2D eigenvalue weighted by Crippen LogP contribution is 2.12. The third-order valence-corrected chi connectivity index (χ3v) is 4.92. The second kappa shape index (κ2) is 13.2. The Morgan fingerprint density at radius 1 is 1.23 bits per heavy atom. The van der Waals surface area contributed by atoms with Gasteiger partial charge in [-0.2, -0.15) is 5.10 Å². The summed E-state index contributed by atoms with van der Waals surface area (Å²) in [6.45, 7) is 12.2. The molecule has 0 saturated heterocycles. The van der Waals surface area contributed by atoms with Gasteiger partial charge < -0.3 is 10.2 Å². The highest BCUT2D eigenvalue weighted by atomic mass is 35.5. The normalized spacial score (nSPS) is 12.5. The molecule has 1 aromatic heterocycles. The van der Waals surface area contributed by atoms with E-state index in [0.717, 1.165) is 25.3 Å². The summed E-state index contributed by atoms with van der Waals surface area (Å²) >= 11 is 6.00. The molecule has 1 amide bonds. The first kappa shape index (κ1) is 23.0. The summed E-state index contributed by atoms with van der Waals surface area (Å²) in [5.74, 6) is 0.0730. The van der Waals surface area contributed by atoms with Gasteiger partial charge >= 0.3 is 0 Å². The maximum absolute atomic E-state index is 12.2. The molecule has 0 aliphatic carbocycles. The fraction of sp³-hybridized carbons (Fsp3) is 0.800. The van der Waals surface area contributed by atoms with E-state index >= 15 is 0 Å². The maximum Gasteiger partial charge on any atom is 0.222 e. The monoisotopic (exact) mass is 384 g/mol. The number of unbranched alkanes of at least 4 members (excludes halogenated alkanes) is 4. The van der Waals surface area contributed by atoms with Gasteiger partial charge in [-0.3, -0.25) is 9.48 Å². The lowest BCUT2D eigenvalue weighted by Gasteiger charge is -2.26. The van der Waals surface area contributed by atoms with Gasteiger partial charge in [-0.25, -0.2) is 0 Å². The highest BCUT2D eigenvalue weighted by Gasteiger charge is 2.13. The van der Waals surface area contributed by atoms with Crippen LogP contribution in [-0.4, -0.2) is 46.3 Å². The molecule has 1 aromatic rings. The average molecular weight is 385 g/mol. The fourth-order valence-corrected chi connectivity index (χ4v) is 3.22. The molecule has 1 heterocycles. The van der Waals surface area contributed by atoms with Gasteiger partial charge in [-0.1, -0.05) is 51.1 Å². The number of nitrogens with zero attached hydrogens (tertiary/aromatic N) is 3. The Hall–Kier alpha value is -1.07. The van der Waals surface area contributed by atoms with Crippen LogP contribution in [0.3, 0.4) is 0 Å². The van der Waals surface area contributed by atoms with E-state index in [9.17, 15) is 4.79 Å². The predicted molar refractivity (Wildman–Crippen MR) is 110 cm³/mol. The smallest absolute Gasteiger partial charge is 0.222 e. The van der Waals surface area contributed by atoms with E-state index in [2.05, 4.69) is 36.1 Å². The number of amides is 1. The first-order valence-electron chi connectivity index (χ1n) is 10.2. The summed E-state index contributed by atoms with van der Waals surface area (Å²) in [5, 5.41) is 8.06. The van der Waals surface area contributed by atoms with Crippen molar-refractivity contribution in [2.75, 3.05) is 19.6 Å². The number of rotatable bonds is 14. The lowest BCUT2D eigenvalue weighted by Crippen LogP contribution is -2.42. The van der Waals surface area contributed by atoms with Gasteiger partial charge in [-0.15, -0.1) is 0 Å². The molecule has 26 heavy (non-hydrogen) atoms. The van der Waals surface area contributed by atoms with Crippen LogP contribution in [-0.2, 0) is 11.3 Å². The van der Waals surface area contributed by atoms with Crippen LogP contribution in [0.5, 0.6) is 0 Å². The molecule has 0 spiro atoms. The highest BCUT2D eigenvalue weighted by molar-refractivity contribution is 6.31. The molecule has 1 rings (SSSR count). The third kappa shape index (κ3) is 9.58. The SMILES string of the molecule is CCCCCN(CCCCC)CC(C)NC(=O)CCn1cc(Cl)c(C)n1. The van der Waals surface area contributed by atoms with Crippen molar-refractivity contribution < 1.29 is 4.79 Å². The molecular weight excluding hydrogens is 348 g/mol. The van der Waals surface area contributed by atoms with E-state index < -0.39 is 0 Å². The molecule has 0 aliphatic heterocycles. The third-order valence-electron chi connectivity index (χ3n) is 4.55. The molecule has 0 aromatic carbocycles. The van der Waals surface area contributed by atoms with Crippen LogP contribution in [0.4, 0.5) is 0 Å². The molecule has 6 heteroatoms. The molecule has 5 nitrogen and oxygen atoms in total. The van der Waals surface area contributed by atoms with Crippen molar-refractivity contribution in [1.29, 1.82) is 0 Å². The Kier molecular flexibility index (Phi) is 11.6. The minimum Gasteiger partial charge on any atom is -0.352 e. The quantitative estimate of drug-likeness (QED) is 0.483. The Morgan fingerprint density at radius 3 is 2.35 bits per heavy atom. The number of carbonyl (C=O) groups excluding carboxylic acids is 1. The van der Waals surface area contributed by atoms with Gasteiger partial charge in [0, 0.05) is 31.7 Å². The second-order valence-electron chi connectivity index (χ2n) is 7.26. The van der Waals surface area contributed by atoms with Crippen LogP contribution in [0.25, 0.3) is 0 Å². The van der Waals surface area contributed by atoms with Crippen molar-refractivity contribution >= 4 is 17.5 Å². The molecule has 0 saturated carbocycles. The molecule has 1 N–H and O–H groups in total. The van der Waals surface area contributed by atoms with Crippen LogP contribution in [0.15, 0.2) is 6.20 Å². The number of aryl methyl sites for hydroxylation is 2. The average Bonchev–Trinajstić information content (AvgIpc) is 2.91. The molecule has 150 valence electrons. The van der Waals surface area contributed by atoms with Gasteiger partial charge in [0.1, 0.15) is 0 Å². The van der Waals surface area contributed by atoms with E-state index in [-0.39, 0.29) is 11.9 Å². The van der Waals surface area contributed by atoms with Crippen LogP contribution in [0.2, 0.25) is 5.02 Å². The molecule has 0 aliphatic rings. The van der Waals surface area contributed by atoms with Crippen LogP contribution in [0.1, 0.15) is 71.4 Å². The van der Waals surface area contributed by atoms with Gasteiger partial charge in [0.25, 0.3) is 0 Å². The van der Waals surface area contributed by atoms with Crippen LogP contribution >= 0.6 is 11.6 Å². The standard InChI is InChI=1S/C20H37ClN4O/c1-5-7-9-12-24(13-10-8-6-2)15-17(3)22-20(26)11-14-25-16-19(21)18(4)23-25/h16-17H,5-15H2,1-4H3,(H,22,26). The number of hydrogen-bond donors (Lipinski definition) is 1. The molecule has 0 radical (unpaired) electrons. The second-order valence-corrected chi connectivity index (χ2v) is 7.67. The van der Waals surface area contributed by atoms with Crippen LogP contribution in [0, 0.1) is 6.92 Å². The van der Waals surface area contributed by atoms with Crippen molar-refractivity contribution in [3.63, 3.8) is 0 Å². The summed E-state index contributed by atoms with van der Waals surface area (Å²) in [5.41, 5.74) is 0.801. The lowest BCUT2D eigenvalue weighted by atomic mass is 10.2. The molecule has 0 bridgehead atoms. The molecule has 1 atom stereocenters. The number of aromatic nitrogens is 2. The minimum absolute atomic E-state index is 0.0730. The fourth-order valence-electron chi connectivity index (χ4n) is 3.07. The van der Waals surface area contributed by atoms with E-state index in [1.807, 2.05) is 6.92 Å². The first-order valence-corrected chi connectivity index (χ1v) is 10.5. The number of halogens is 1. The lowest BCUT2D eigenvalue weighted by molar-refractivity contribution is -0.122. The number of nitrogens with one attached hydrogen (secondary N) is 1. The molecule has 1 unspecified atom stereocenters. The van der Waals surface area contributed by atoms with E-state index in [0.29, 0.717) is 18.0 Å². The summed E-state index contributed by atoms with van der Waals surface area (Å²) in [4.78, 5) is 14.7. The Labute approximate surface area is 164 Å². The van der Waals surface area contributed by atoms with Gasteiger partial charge in [0.2, 0.25) is 5.91 Å². The van der Waals surface area contributed by atoms with Crippen molar-refractivity contribution in [3.8, 4) is 0 Å². The summed E-state index contributed by atoms with van der Waals surface area (Å²) < 4.78 is 1.74. The van der Waals surface area contributed by atoms with Crippen molar-refractivity contribution in [2.24, 2.45) is 0 Å². The summed E-state index contributed by atoms with van der Waals surface area (Å²) in [6.07, 6.45) is 9.71. The topological polar surface area (TPSA) is 50.2 Å². The molecular formula is C20H37ClN4O. The number of hydrogen-bond acceptors (Lipinski definition) is 3. The molecule has 0 fully saturated rings. The van der Waals surface area contributed by atoms with Crippen molar-refractivity contribution in [2.45, 2.75) is 85.2 Å². The number of carbonyl (C=O) groups is 1. The van der Waals surface area contributed by atoms with Gasteiger partial charge in [0.15, 0.2) is 0 Å². The van der Waals surface area contributed by atoms with E-state index in [1.54, 1.807) is 10.9 Å². The minimum atomic E-state index is 0.0730. The largest absolute Gasteiger partial charge is 0.352 e.